The predicted octanol–water partition coefficient (Wildman–Crippen LogP) is 2.96. The molecule has 10 heteroatoms. The summed E-state index contributed by atoms with van der Waals surface area (Å²) in [6, 6.07) is 0. The highest BCUT2D eigenvalue weighted by molar-refractivity contribution is 7.13. The molecule has 24 heavy (non-hydrogen) atoms. The van der Waals surface area contributed by atoms with Crippen molar-refractivity contribution in [1.82, 2.24) is 10.2 Å². The van der Waals surface area contributed by atoms with Gasteiger partial charge in [-0.3, -0.25) is 0 Å². The van der Waals surface area contributed by atoms with E-state index in [1.165, 1.54) is 25.7 Å². The number of ether oxygens (including phenoxy) is 1. The molecule has 1 aromatic heterocycles. The molecule has 0 atom stereocenters. The minimum Gasteiger partial charge on any atom is -0.475 e. The van der Waals surface area contributed by atoms with Crippen molar-refractivity contribution in [3.63, 3.8) is 0 Å². The Morgan fingerprint density at radius 2 is 2.04 bits per heavy atom. The third kappa shape index (κ3) is 4.79. The molecule has 1 aliphatic carbocycles. The number of hydrogen-bond acceptors (Lipinski definition) is 6. The number of aromatic nitrogens is 2. The molecule has 0 aromatic carbocycles. The molecular formula is C14H20F3N3O3S. The van der Waals surface area contributed by atoms with Crippen molar-refractivity contribution in [2.45, 2.75) is 44.9 Å². The molecule has 0 amide bonds. The van der Waals surface area contributed by atoms with Crippen LogP contribution in [-0.4, -0.2) is 53.2 Å². The molecule has 1 saturated carbocycles. The molecule has 1 aliphatic heterocycles. The SMILES string of the molecule is CCOC1CC2(CCN(c3nncs3)CC2)C1.O=C(O)C(F)(F)F. The van der Waals surface area contributed by atoms with Gasteiger partial charge >= 0.3 is 12.1 Å². The van der Waals surface area contributed by atoms with Gasteiger partial charge in [-0.15, -0.1) is 10.2 Å². The number of carboxylic acids is 1. The summed E-state index contributed by atoms with van der Waals surface area (Å²) in [5, 5.41) is 16.3. The second kappa shape index (κ2) is 7.64. The van der Waals surface area contributed by atoms with Crippen LogP contribution in [0.4, 0.5) is 18.3 Å². The number of alkyl halides is 3. The standard InChI is InChI=1S/C12H19N3OS.C2HF3O2/c1-2-16-10-7-12(8-10)3-5-15(6-4-12)11-14-13-9-17-11;3-2(4,5)1(6)7/h9-10H,2-8H2,1H3;(H,6,7). The topological polar surface area (TPSA) is 75.5 Å². The smallest absolute Gasteiger partial charge is 0.475 e. The Bertz CT molecular complexity index is 523. The third-order valence-corrected chi connectivity index (χ3v) is 5.16. The van der Waals surface area contributed by atoms with Gasteiger partial charge in [-0.1, -0.05) is 11.3 Å². The minimum atomic E-state index is -5.08. The summed E-state index contributed by atoms with van der Waals surface area (Å²) in [6.07, 6.45) is 0.565. The zero-order valence-electron chi connectivity index (χ0n) is 13.3. The van der Waals surface area contributed by atoms with Crippen molar-refractivity contribution < 1.29 is 27.8 Å². The van der Waals surface area contributed by atoms with Gasteiger partial charge in [-0.05, 0) is 38.0 Å². The summed E-state index contributed by atoms with van der Waals surface area (Å²) in [4.78, 5) is 11.3. The molecule has 2 aliphatic rings. The Kier molecular flexibility index (Phi) is 6.02. The van der Waals surface area contributed by atoms with Crippen molar-refractivity contribution in [1.29, 1.82) is 0 Å². The lowest BCUT2D eigenvalue weighted by Gasteiger charge is -2.51. The Morgan fingerprint density at radius 3 is 2.46 bits per heavy atom. The Morgan fingerprint density at radius 1 is 1.46 bits per heavy atom. The van der Waals surface area contributed by atoms with E-state index < -0.39 is 12.1 Å². The first-order valence-corrected chi connectivity index (χ1v) is 8.56. The van der Waals surface area contributed by atoms with Gasteiger partial charge in [-0.25, -0.2) is 4.79 Å². The number of hydrogen-bond donors (Lipinski definition) is 1. The highest BCUT2D eigenvalue weighted by Crippen LogP contribution is 2.50. The normalized spacial score (nSPS) is 20.2. The van der Waals surface area contributed by atoms with Gasteiger partial charge < -0.3 is 14.7 Å². The maximum atomic E-state index is 10.6. The van der Waals surface area contributed by atoms with Crippen molar-refractivity contribution in [3.8, 4) is 0 Å². The molecule has 3 rings (SSSR count). The number of rotatable bonds is 3. The summed E-state index contributed by atoms with van der Waals surface area (Å²) in [5.41, 5.74) is 2.40. The summed E-state index contributed by atoms with van der Waals surface area (Å²) in [5.74, 6) is -2.76. The number of anilines is 1. The second-order valence-corrected chi connectivity index (χ2v) is 6.81. The van der Waals surface area contributed by atoms with Crippen molar-refractivity contribution >= 4 is 22.4 Å². The van der Waals surface area contributed by atoms with E-state index >= 15 is 0 Å². The lowest BCUT2D eigenvalue weighted by Crippen LogP contribution is -2.50. The van der Waals surface area contributed by atoms with E-state index in [0.717, 1.165) is 24.8 Å². The minimum absolute atomic E-state index is 0.535. The molecule has 1 aromatic rings. The summed E-state index contributed by atoms with van der Waals surface area (Å²) in [6.45, 7) is 5.21. The first kappa shape index (κ1) is 18.9. The van der Waals surface area contributed by atoms with Gasteiger partial charge in [0.15, 0.2) is 0 Å². The maximum absolute atomic E-state index is 10.6. The van der Waals surface area contributed by atoms with Gasteiger partial charge in [0.05, 0.1) is 6.10 Å². The Hall–Kier alpha value is -1.42. The largest absolute Gasteiger partial charge is 0.490 e. The maximum Gasteiger partial charge on any atom is 0.490 e. The average Bonchev–Trinajstić information content (AvgIpc) is 3.00. The molecular weight excluding hydrogens is 347 g/mol. The van der Waals surface area contributed by atoms with E-state index in [2.05, 4.69) is 22.0 Å². The van der Waals surface area contributed by atoms with E-state index in [-0.39, 0.29) is 0 Å². The van der Waals surface area contributed by atoms with Crippen molar-refractivity contribution in [2.24, 2.45) is 5.41 Å². The fraction of sp³-hybridized carbons (Fsp3) is 0.786. The average molecular weight is 367 g/mol. The van der Waals surface area contributed by atoms with Gasteiger partial charge in [0, 0.05) is 19.7 Å². The van der Waals surface area contributed by atoms with Crippen molar-refractivity contribution in [2.75, 3.05) is 24.6 Å². The highest BCUT2D eigenvalue weighted by atomic mass is 32.1. The van der Waals surface area contributed by atoms with Crippen LogP contribution in [0, 0.1) is 5.41 Å². The van der Waals surface area contributed by atoms with E-state index in [1.54, 1.807) is 11.3 Å². The third-order valence-electron chi connectivity index (χ3n) is 4.41. The number of aliphatic carboxylic acids is 1. The Balaban J connectivity index is 0.000000256. The van der Waals surface area contributed by atoms with Gasteiger partial charge in [-0.2, -0.15) is 13.2 Å². The number of halogens is 3. The molecule has 0 bridgehead atoms. The van der Waals surface area contributed by atoms with Gasteiger partial charge in [0.2, 0.25) is 5.13 Å². The first-order valence-electron chi connectivity index (χ1n) is 7.68. The summed E-state index contributed by atoms with van der Waals surface area (Å²) in [7, 11) is 0. The van der Waals surface area contributed by atoms with Crippen LogP contribution in [0.3, 0.4) is 0 Å². The predicted molar refractivity (Wildman–Crippen MR) is 82.1 cm³/mol. The fourth-order valence-electron chi connectivity index (χ4n) is 3.15. The van der Waals surface area contributed by atoms with Crippen molar-refractivity contribution in [3.05, 3.63) is 5.51 Å². The van der Waals surface area contributed by atoms with E-state index in [4.69, 9.17) is 14.6 Å². The number of nitrogens with zero attached hydrogens (tertiary/aromatic N) is 3. The molecule has 2 heterocycles. The van der Waals surface area contributed by atoms with E-state index in [1.807, 2.05) is 5.51 Å². The van der Waals surface area contributed by atoms with Crippen LogP contribution >= 0.6 is 11.3 Å². The molecule has 6 nitrogen and oxygen atoms in total. The van der Waals surface area contributed by atoms with E-state index in [0.29, 0.717) is 11.5 Å². The molecule has 136 valence electrons. The number of carboxylic acid groups (broad SMARTS) is 1. The highest BCUT2D eigenvalue weighted by Gasteiger charge is 2.46. The first-order chi connectivity index (χ1) is 11.3. The molecule has 0 unspecified atom stereocenters. The summed E-state index contributed by atoms with van der Waals surface area (Å²) >= 11 is 1.64. The number of carbonyl (C=O) groups is 1. The summed E-state index contributed by atoms with van der Waals surface area (Å²) < 4.78 is 37.4. The number of piperidine rings is 1. The zero-order chi connectivity index (χ0) is 17.8. The lowest BCUT2D eigenvalue weighted by atomic mass is 9.61. The molecule has 2 fully saturated rings. The Labute approximate surface area is 141 Å². The zero-order valence-corrected chi connectivity index (χ0v) is 14.1. The van der Waals surface area contributed by atoms with Crippen LogP contribution in [0.15, 0.2) is 5.51 Å². The monoisotopic (exact) mass is 367 g/mol. The van der Waals surface area contributed by atoms with Crippen LogP contribution in [0.5, 0.6) is 0 Å². The molecule has 1 saturated heterocycles. The van der Waals surface area contributed by atoms with Gasteiger partial charge in [0.1, 0.15) is 5.51 Å². The van der Waals surface area contributed by atoms with Crippen LogP contribution in [0.25, 0.3) is 0 Å². The van der Waals surface area contributed by atoms with Crippen LogP contribution in [0.2, 0.25) is 0 Å². The fourth-order valence-corrected chi connectivity index (χ4v) is 3.76. The molecule has 1 spiro atoms. The lowest BCUT2D eigenvalue weighted by molar-refractivity contribution is -0.192. The van der Waals surface area contributed by atoms with Crippen LogP contribution in [-0.2, 0) is 9.53 Å². The van der Waals surface area contributed by atoms with E-state index in [9.17, 15) is 13.2 Å². The van der Waals surface area contributed by atoms with Gasteiger partial charge in [0.25, 0.3) is 0 Å². The van der Waals surface area contributed by atoms with Crippen LogP contribution < -0.4 is 4.90 Å². The molecule has 0 radical (unpaired) electrons. The quantitative estimate of drug-likeness (QED) is 0.885. The second-order valence-electron chi connectivity index (χ2n) is 6.00. The molecule has 1 N–H and O–H groups in total. The van der Waals surface area contributed by atoms with Crippen LogP contribution in [0.1, 0.15) is 32.6 Å².